The van der Waals surface area contributed by atoms with Crippen LogP contribution < -0.4 is 5.32 Å². The smallest absolute Gasteiger partial charge is 0.310 e. The number of hydrogen-bond donors (Lipinski definition) is 1. The maximum absolute atomic E-state index is 11.5. The quantitative estimate of drug-likeness (QED) is 0.659. The van der Waals surface area contributed by atoms with Crippen molar-refractivity contribution in [2.45, 2.75) is 4.90 Å². The molecule has 8 heteroatoms. The van der Waals surface area contributed by atoms with Crippen molar-refractivity contribution in [3.63, 3.8) is 0 Å². The van der Waals surface area contributed by atoms with E-state index >= 15 is 0 Å². The van der Waals surface area contributed by atoms with Gasteiger partial charge in [0, 0.05) is 17.3 Å². The number of nitrogens with one attached hydrogen (secondary N) is 1. The van der Waals surface area contributed by atoms with Gasteiger partial charge in [0.25, 0.3) is 0 Å². The Balaban J connectivity index is 3.36. The highest BCUT2D eigenvalue weighted by Gasteiger charge is 2.25. The molecule has 0 aliphatic rings. The van der Waals surface area contributed by atoms with Crippen molar-refractivity contribution in [1.29, 1.82) is 0 Å². The molecule has 0 aromatic heterocycles. The Morgan fingerprint density at radius 3 is 2.61 bits per heavy atom. The number of nitro groups is 1. The van der Waals surface area contributed by atoms with Crippen LogP contribution >= 0.6 is 15.9 Å². The first-order valence-electron chi connectivity index (χ1n) is 4.78. The van der Waals surface area contributed by atoms with Gasteiger partial charge in [-0.15, -0.1) is 0 Å². The average Bonchev–Trinajstić information content (AvgIpc) is 2.24. The number of benzene rings is 1. The van der Waals surface area contributed by atoms with Crippen LogP contribution in [0.1, 0.15) is 0 Å². The van der Waals surface area contributed by atoms with Gasteiger partial charge in [-0.05, 0) is 12.1 Å². The minimum Gasteiger partial charge on any atom is -0.375 e. The molecule has 1 N–H and O–H groups in total. The summed E-state index contributed by atoms with van der Waals surface area (Å²) < 4.78 is 23.6. The summed E-state index contributed by atoms with van der Waals surface area (Å²) in [5, 5.41) is 13.8. The van der Waals surface area contributed by atoms with Crippen LogP contribution in [0.15, 0.2) is 34.2 Å². The maximum atomic E-state index is 11.5. The number of nitro benzene ring substituents is 1. The highest BCUT2D eigenvalue weighted by Crippen LogP contribution is 2.32. The Hall–Kier alpha value is -1.41. The standard InChI is InChI=1S/C10H11BrN2O4S/c1-7(11)6-12-8-4-3-5-9(18(2,16)17)10(8)13(14)15/h3-5,12H,1,6H2,2H3. The molecule has 1 aromatic rings. The molecule has 0 atom stereocenters. The normalized spacial score (nSPS) is 11.0. The molecule has 0 aliphatic heterocycles. The fraction of sp³-hybridized carbons (Fsp3) is 0.200. The van der Waals surface area contributed by atoms with Gasteiger partial charge in [0.2, 0.25) is 0 Å². The number of hydrogen-bond acceptors (Lipinski definition) is 5. The SMILES string of the molecule is C=C(Br)CNc1cccc(S(C)(=O)=O)c1[N+](=O)[O-]. The van der Waals surface area contributed by atoms with Crippen molar-refractivity contribution in [2.75, 3.05) is 18.1 Å². The first kappa shape index (κ1) is 14.7. The minimum absolute atomic E-state index is 0.142. The van der Waals surface area contributed by atoms with E-state index in [1.165, 1.54) is 18.2 Å². The molecule has 98 valence electrons. The molecule has 0 bridgehead atoms. The monoisotopic (exact) mass is 334 g/mol. The molecule has 0 fully saturated rings. The number of rotatable bonds is 5. The van der Waals surface area contributed by atoms with Crippen molar-refractivity contribution in [2.24, 2.45) is 0 Å². The third-order valence-electron chi connectivity index (χ3n) is 2.05. The number of sulfone groups is 1. The van der Waals surface area contributed by atoms with E-state index in [2.05, 4.69) is 27.8 Å². The van der Waals surface area contributed by atoms with Crippen LogP contribution in [0, 0.1) is 10.1 Å². The van der Waals surface area contributed by atoms with Gasteiger partial charge in [-0.3, -0.25) is 10.1 Å². The van der Waals surface area contributed by atoms with E-state index in [0.29, 0.717) is 4.48 Å². The Labute approximate surface area is 113 Å². The van der Waals surface area contributed by atoms with Gasteiger partial charge in [0.1, 0.15) is 10.6 Å². The van der Waals surface area contributed by atoms with Crippen LogP contribution in [-0.4, -0.2) is 26.1 Å². The summed E-state index contributed by atoms with van der Waals surface area (Å²) in [6.45, 7) is 3.84. The lowest BCUT2D eigenvalue weighted by Gasteiger charge is -2.08. The molecular weight excluding hydrogens is 324 g/mol. The highest BCUT2D eigenvalue weighted by molar-refractivity contribution is 9.11. The van der Waals surface area contributed by atoms with E-state index in [-0.39, 0.29) is 17.1 Å². The van der Waals surface area contributed by atoms with Gasteiger partial charge in [-0.2, -0.15) is 0 Å². The highest BCUT2D eigenvalue weighted by atomic mass is 79.9. The molecule has 0 heterocycles. The molecular formula is C10H11BrN2O4S. The van der Waals surface area contributed by atoms with Crippen molar-refractivity contribution in [3.05, 3.63) is 39.4 Å². The molecule has 0 unspecified atom stereocenters. The summed E-state index contributed by atoms with van der Waals surface area (Å²) in [7, 11) is -3.66. The number of halogens is 1. The number of nitrogens with zero attached hydrogens (tertiary/aromatic N) is 1. The Bertz CT molecular complexity index is 598. The van der Waals surface area contributed by atoms with E-state index in [9.17, 15) is 18.5 Å². The lowest BCUT2D eigenvalue weighted by molar-refractivity contribution is -0.386. The van der Waals surface area contributed by atoms with E-state index < -0.39 is 20.4 Å². The van der Waals surface area contributed by atoms with Crippen molar-refractivity contribution in [1.82, 2.24) is 0 Å². The molecule has 0 saturated carbocycles. The van der Waals surface area contributed by atoms with Crippen LogP contribution in [0.25, 0.3) is 0 Å². The molecule has 18 heavy (non-hydrogen) atoms. The van der Waals surface area contributed by atoms with Crippen LogP contribution in [0.5, 0.6) is 0 Å². The summed E-state index contributed by atoms with van der Waals surface area (Å²) in [5.41, 5.74) is -0.308. The van der Waals surface area contributed by atoms with Crippen molar-refractivity contribution < 1.29 is 13.3 Å². The third-order valence-corrected chi connectivity index (χ3v) is 3.46. The lowest BCUT2D eigenvalue weighted by atomic mass is 10.2. The molecule has 0 radical (unpaired) electrons. The van der Waals surface area contributed by atoms with E-state index in [1.807, 2.05) is 0 Å². The molecule has 0 aliphatic carbocycles. The topological polar surface area (TPSA) is 89.3 Å². The predicted molar refractivity (Wildman–Crippen MR) is 72.8 cm³/mol. The molecule has 6 nitrogen and oxygen atoms in total. The average molecular weight is 335 g/mol. The van der Waals surface area contributed by atoms with Crippen LogP contribution in [0.3, 0.4) is 0 Å². The zero-order valence-electron chi connectivity index (χ0n) is 9.51. The Kier molecular flexibility index (Phi) is 4.47. The van der Waals surface area contributed by atoms with Crippen LogP contribution in [0.4, 0.5) is 11.4 Å². The molecule has 0 amide bonds. The Morgan fingerprint density at radius 1 is 1.56 bits per heavy atom. The van der Waals surface area contributed by atoms with E-state index in [4.69, 9.17) is 0 Å². The van der Waals surface area contributed by atoms with Gasteiger partial charge in [0.05, 0.1) is 4.92 Å². The fourth-order valence-electron chi connectivity index (χ4n) is 1.34. The number of anilines is 1. The van der Waals surface area contributed by atoms with Gasteiger partial charge in [0.15, 0.2) is 9.84 Å². The summed E-state index contributed by atoms with van der Waals surface area (Å²) in [5.74, 6) is 0. The van der Waals surface area contributed by atoms with Gasteiger partial charge in [-0.1, -0.05) is 28.6 Å². The predicted octanol–water partition coefficient (Wildman–Crippen LogP) is 2.32. The Morgan fingerprint density at radius 2 is 2.17 bits per heavy atom. The molecule has 1 aromatic carbocycles. The maximum Gasteiger partial charge on any atom is 0.310 e. The number of para-hydroxylation sites is 1. The fourth-order valence-corrected chi connectivity index (χ4v) is 2.35. The zero-order chi connectivity index (χ0) is 13.9. The molecule has 1 rings (SSSR count). The first-order chi connectivity index (χ1) is 8.23. The second-order valence-electron chi connectivity index (χ2n) is 3.55. The molecule has 0 spiro atoms. The van der Waals surface area contributed by atoms with E-state index in [0.717, 1.165) is 6.26 Å². The first-order valence-corrected chi connectivity index (χ1v) is 7.46. The summed E-state index contributed by atoms with van der Waals surface area (Å²) in [6, 6.07) is 4.10. The summed E-state index contributed by atoms with van der Waals surface area (Å²) >= 11 is 3.11. The zero-order valence-corrected chi connectivity index (χ0v) is 11.9. The summed E-state index contributed by atoms with van der Waals surface area (Å²) in [6.07, 6.45) is 0.933. The van der Waals surface area contributed by atoms with Crippen LogP contribution in [-0.2, 0) is 9.84 Å². The summed E-state index contributed by atoms with van der Waals surface area (Å²) in [4.78, 5) is 9.98. The van der Waals surface area contributed by atoms with Crippen LogP contribution in [0.2, 0.25) is 0 Å². The molecule has 0 saturated heterocycles. The third kappa shape index (κ3) is 3.54. The van der Waals surface area contributed by atoms with E-state index in [1.54, 1.807) is 0 Å². The van der Waals surface area contributed by atoms with Crippen molar-refractivity contribution >= 4 is 37.1 Å². The van der Waals surface area contributed by atoms with Crippen molar-refractivity contribution in [3.8, 4) is 0 Å². The second-order valence-corrected chi connectivity index (χ2v) is 6.66. The van der Waals surface area contributed by atoms with Gasteiger partial charge >= 0.3 is 5.69 Å². The van der Waals surface area contributed by atoms with Gasteiger partial charge < -0.3 is 5.32 Å². The lowest BCUT2D eigenvalue weighted by Crippen LogP contribution is -2.08. The minimum atomic E-state index is -3.66. The van der Waals surface area contributed by atoms with Gasteiger partial charge in [-0.25, -0.2) is 8.42 Å². The largest absolute Gasteiger partial charge is 0.375 e. The second kappa shape index (κ2) is 5.49.